The second kappa shape index (κ2) is 6.60. The molecule has 2 amide bonds. The summed E-state index contributed by atoms with van der Waals surface area (Å²) in [4.78, 5) is 35.0. The molecular formula is C15H10Cl2N2O3. The minimum atomic E-state index is -0.713. The van der Waals surface area contributed by atoms with Gasteiger partial charge in [-0.1, -0.05) is 0 Å². The highest BCUT2D eigenvalue weighted by molar-refractivity contribution is 6.68. The predicted octanol–water partition coefficient (Wildman–Crippen LogP) is 3.66. The summed E-state index contributed by atoms with van der Waals surface area (Å²) in [5.41, 5.74) is 6.92. The number of primary amides is 1. The fraction of sp³-hybridized carbons (Fsp3) is 0. The number of anilines is 2. The molecule has 0 aromatic heterocycles. The second-order valence-electron chi connectivity index (χ2n) is 4.31. The van der Waals surface area contributed by atoms with E-state index in [4.69, 9.17) is 28.9 Å². The second-order valence-corrected chi connectivity index (χ2v) is 5.00. The van der Waals surface area contributed by atoms with Crippen LogP contribution in [0.2, 0.25) is 0 Å². The molecule has 22 heavy (non-hydrogen) atoms. The van der Waals surface area contributed by atoms with Gasteiger partial charge in [0, 0.05) is 11.1 Å². The SMILES string of the molecule is NC(=O)N(c1ccc(C(=O)Cl)cc1)c1ccc(C(=O)Cl)cc1. The van der Waals surface area contributed by atoms with Crippen molar-refractivity contribution in [3.63, 3.8) is 0 Å². The number of benzene rings is 2. The summed E-state index contributed by atoms with van der Waals surface area (Å²) in [6.45, 7) is 0. The van der Waals surface area contributed by atoms with Crippen LogP contribution in [0.15, 0.2) is 48.5 Å². The molecule has 0 unspecified atom stereocenters. The molecule has 0 aliphatic rings. The standard InChI is InChI=1S/C15H10Cl2N2O3/c16-13(20)9-1-5-11(6-2-9)19(15(18)22)12-7-3-10(4-8-12)14(17)21/h1-8H,(H2,18,22). The Bertz CT molecular complexity index is 670. The number of carbonyl (C=O) groups is 3. The Morgan fingerprint density at radius 1 is 0.727 bits per heavy atom. The van der Waals surface area contributed by atoms with E-state index in [1.807, 2.05) is 0 Å². The van der Waals surface area contributed by atoms with Gasteiger partial charge in [-0.3, -0.25) is 14.5 Å². The Balaban J connectivity index is 2.39. The first-order chi connectivity index (χ1) is 10.4. The zero-order valence-electron chi connectivity index (χ0n) is 11.1. The van der Waals surface area contributed by atoms with Gasteiger partial charge in [-0.25, -0.2) is 4.79 Å². The van der Waals surface area contributed by atoms with Crippen LogP contribution in [-0.4, -0.2) is 16.5 Å². The molecule has 0 radical (unpaired) electrons. The fourth-order valence-electron chi connectivity index (χ4n) is 1.89. The first kappa shape index (κ1) is 16.0. The van der Waals surface area contributed by atoms with Gasteiger partial charge < -0.3 is 5.73 Å². The number of nitrogens with zero attached hydrogens (tertiary/aromatic N) is 1. The Hall–Kier alpha value is -2.37. The van der Waals surface area contributed by atoms with Crippen LogP contribution in [0.3, 0.4) is 0 Å². The molecule has 2 aromatic rings. The first-order valence-corrected chi connectivity index (χ1v) is 6.85. The number of urea groups is 1. The monoisotopic (exact) mass is 336 g/mol. The Labute approximate surface area is 136 Å². The molecule has 0 aliphatic carbocycles. The number of nitrogens with two attached hydrogens (primary N) is 1. The molecule has 7 heteroatoms. The van der Waals surface area contributed by atoms with E-state index in [0.29, 0.717) is 22.5 Å². The summed E-state index contributed by atoms with van der Waals surface area (Å²) in [6.07, 6.45) is 0. The first-order valence-electron chi connectivity index (χ1n) is 6.09. The molecule has 0 aliphatic heterocycles. The molecule has 0 spiro atoms. The van der Waals surface area contributed by atoms with Crippen LogP contribution in [0.5, 0.6) is 0 Å². The van der Waals surface area contributed by atoms with E-state index in [-0.39, 0.29) is 0 Å². The maximum atomic E-state index is 11.7. The Morgan fingerprint density at radius 2 is 1.05 bits per heavy atom. The van der Waals surface area contributed by atoms with Gasteiger partial charge in [-0.2, -0.15) is 0 Å². The van der Waals surface area contributed by atoms with Crippen LogP contribution >= 0.6 is 23.2 Å². The van der Waals surface area contributed by atoms with Gasteiger partial charge in [0.25, 0.3) is 10.5 Å². The molecule has 2 aromatic carbocycles. The van der Waals surface area contributed by atoms with Crippen molar-refractivity contribution in [3.8, 4) is 0 Å². The van der Waals surface area contributed by atoms with E-state index in [2.05, 4.69) is 0 Å². The topological polar surface area (TPSA) is 80.5 Å². The molecule has 0 bridgehead atoms. The smallest absolute Gasteiger partial charge is 0.323 e. The lowest BCUT2D eigenvalue weighted by atomic mass is 10.1. The van der Waals surface area contributed by atoms with Gasteiger partial charge in [0.1, 0.15) is 0 Å². The highest BCUT2D eigenvalue weighted by Gasteiger charge is 2.16. The molecule has 112 valence electrons. The van der Waals surface area contributed by atoms with Crippen LogP contribution in [0, 0.1) is 0 Å². The molecular weight excluding hydrogens is 327 g/mol. The third-order valence-corrected chi connectivity index (χ3v) is 3.36. The Morgan fingerprint density at radius 3 is 1.27 bits per heavy atom. The van der Waals surface area contributed by atoms with Crippen molar-refractivity contribution in [3.05, 3.63) is 59.7 Å². The maximum Gasteiger partial charge on any atom is 0.323 e. The molecule has 0 heterocycles. The van der Waals surface area contributed by atoms with Crippen LogP contribution in [-0.2, 0) is 0 Å². The van der Waals surface area contributed by atoms with Gasteiger partial charge in [0.05, 0.1) is 11.4 Å². The van der Waals surface area contributed by atoms with Gasteiger partial charge >= 0.3 is 6.03 Å². The number of halogens is 2. The van der Waals surface area contributed by atoms with Crippen LogP contribution in [0.4, 0.5) is 16.2 Å². The molecule has 2 N–H and O–H groups in total. The van der Waals surface area contributed by atoms with Gasteiger partial charge in [0.2, 0.25) is 0 Å². The van der Waals surface area contributed by atoms with Gasteiger partial charge in [-0.05, 0) is 71.7 Å². The third-order valence-electron chi connectivity index (χ3n) is 2.93. The van der Waals surface area contributed by atoms with E-state index >= 15 is 0 Å². The Kier molecular flexibility index (Phi) is 4.80. The summed E-state index contributed by atoms with van der Waals surface area (Å²) in [5.74, 6) is 0. The van der Waals surface area contributed by atoms with Crippen molar-refractivity contribution in [2.75, 3.05) is 4.90 Å². The van der Waals surface area contributed by atoms with E-state index in [1.165, 1.54) is 29.2 Å². The summed E-state index contributed by atoms with van der Waals surface area (Å²) in [6, 6.07) is 11.4. The average molecular weight is 337 g/mol. The largest absolute Gasteiger partial charge is 0.351 e. The zero-order chi connectivity index (χ0) is 16.3. The van der Waals surface area contributed by atoms with Gasteiger partial charge in [0.15, 0.2) is 0 Å². The maximum absolute atomic E-state index is 11.7. The van der Waals surface area contributed by atoms with Crippen molar-refractivity contribution in [1.29, 1.82) is 0 Å². The van der Waals surface area contributed by atoms with E-state index < -0.39 is 16.5 Å². The number of hydrogen-bond acceptors (Lipinski definition) is 3. The summed E-state index contributed by atoms with van der Waals surface area (Å²) < 4.78 is 0. The van der Waals surface area contributed by atoms with Crippen LogP contribution in [0.1, 0.15) is 20.7 Å². The minimum Gasteiger partial charge on any atom is -0.351 e. The van der Waals surface area contributed by atoms with Crippen molar-refractivity contribution >= 4 is 51.1 Å². The normalized spacial score (nSPS) is 10.1. The molecule has 5 nitrogen and oxygen atoms in total. The van der Waals surface area contributed by atoms with Gasteiger partial charge in [-0.15, -0.1) is 0 Å². The number of rotatable bonds is 4. The summed E-state index contributed by atoms with van der Waals surface area (Å²) >= 11 is 10.7. The molecule has 2 rings (SSSR count). The molecule has 0 saturated heterocycles. The van der Waals surface area contributed by atoms with Crippen molar-refractivity contribution in [1.82, 2.24) is 0 Å². The average Bonchev–Trinajstić information content (AvgIpc) is 2.48. The number of amides is 2. The minimum absolute atomic E-state index is 0.304. The predicted molar refractivity (Wildman–Crippen MR) is 85.0 cm³/mol. The number of carbonyl (C=O) groups excluding carboxylic acids is 3. The quantitative estimate of drug-likeness (QED) is 0.865. The molecule has 0 saturated carbocycles. The zero-order valence-corrected chi connectivity index (χ0v) is 12.6. The van der Waals surface area contributed by atoms with E-state index in [1.54, 1.807) is 24.3 Å². The van der Waals surface area contributed by atoms with Crippen LogP contribution in [0.25, 0.3) is 0 Å². The summed E-state index contributed by atoms with van der Waals surface area (Å²) in [5, 5.41) is -1.19. The lowest BCUT2D eigenvalue weighted by molar-refractivity contribution is 0.107. The third kappa shape index (κ3) is 3.44. The van der Waals surface area contributed by atoms with Crippen molar-refractivity contribution < 1.29 is 14.4 Å². The highest BCUT2D eigenvalue weighted by atomic mass is 35.5. The van der Waals surface area contributed by atoms with Crippen molar-refractivity contribution in [2.45, 2.75) is 0 Å². The number of hydrogen-bond donors (Lipinski definition) is 1. The lowest BCUT2D eigenvalue weighted by Gasteiger charge is -2.21. The fourth-order valence-corrected chi connectivity index (χ4v) is 2.14. The summed E-state index contributed by atoms with van der Waals surface area (Å²) in [7, 11) is 0. The van der Waals surface area contributed by atoms with Crippen molar-refractivity contribution in [2.24, 2.45) is 5.73 Å². The highest BCUT2D eigenvalue weighted by Crippen LogP contribution is 2.26. The lowest BCUT2D eigenvalue weighted by Crippen LogP contribution is -2.31. The van der Waals surface area contributed by atoms with E-state index in [0.717, 1.165) is 0 Å². The molecule has 0 atom stereocenters. The van der Waals surface area contributed by atoms with Crippen LogP contribution < -0.4 is 10.6 Å². The van der Waals surface area contributed by atoms with E-state index in [9.17, 15) is 14.4 Å². The molecule has 0 fully saturated rings.